The highest BCUT2D eigenvalue weighted by Crippen LogP contribution is 2.33. The van der Waals surface area contributed by atoms with Gasteiger partial charge >= 0.3 is 0 Å². The van der Waals surface area contributed by atoms with Crippen LogP contribution in [0.25, 0.3) is 20.2 Å². The number of fused-ring (bicyclic) bond motifs is 3. The number of aryl methyl sites for hydroxylation is 1. The van der Waals surface area contributed by atoms with Crippen molar-refractivity contribution in [2.75, 3.05) is 0 Å². The Morgan fingerprint density at radius 3 is 2.56 bits per heavy atom. The van der Waals surface area contributed by atoms with Crippen molar-refractivity contribution in [3.05, 3.63) is 70.1 Å². The van der Waals surface area contributed by atoms with E-state index in [1.54, 1.807) is 11.3 Å². The first-order valence-electron chi connectivity index (χ1n) is 10.8. The van der Waals surface area contributed by atoms with Crippen molar-refractivity contribution < 1.29 is 9.53 Å². The molecule has 0 spiro atoms. The van der Waals surface area contributed by atoms with E-state index < -0.39 is 6.04 Å². The van der Waals surface area contributed by atoms with Crippen molar-refractivity contribution in [2.45, 2.75) is 52.8 Å². The topological polar surface area (TPSA) is 73.2 Å². The summed E-state index contributed by atoms with van der Waals surface area (Å²) in [6, 6.07) is 14.8. The first kappa shape index (κ1) is 22.0. The molecule has 0 fully saturated rings. The smallest absolute Gasteiger partial charge is 0.276 e. The number of amides is 1. The molecule has 0 aliphatic carbocycles. The van der Waals surface area contributed by atoms with Crippen LogP contribution in [0.1, 0.15) is 44.5 Å². The lowest BCUT2D eigenvalue weighted by molar-refractivity contribution is -0.125. The lowest BCUT2D eigenvalue weighted by atomic mass is 10.1. The van der Waals surface area contributed by atoms with Crippen LogP contribution in [0.5, 0.6) is 5.75 Å². The van der Waals surface area contributed by atoms with Crippen LogP contribution in [0.15, 0.2) is 53.3 Å². The first-order chi connectivity index (χ1) is 15.4. The number of hydrogen-bond acceptors (Lipinski definition) is 5. The van der Waals surface area contributed by atoms with E-state index in [0.29, 0.717) is 18.4 Å². The molecule has 1 N–H and O–H groups in total. The minimum Gasteiger partial charge on any atom is -0.491 e. The summed E-state index contributed by atoms with van der Waals surface area (Å²) in [5.41, 5.74) is 1.49. The normalized spacial score (nSPS) is 12.4. The van der Waals surface area contributed by atoms with Gasteiger partial charge in [0, 0.05) is 16.6 Å². The van der Waals surface area contributed by atoms with Gasteiger partial charge in [-0.25, -0.2) is 4.68 Å². The predicted molar refractivity (Wildman–Crippen MR) is 130 cm³/mol. The third-order valence-corrected chi connectivity index (χ3v) is 6.63. The van der Waals surface area contributed by atoms with Crippen LogP contribution in [0.3, 0.4) is 0 Å². The molecule has 0 aliphatic heterocycles. The summed E-state index contributed by atoms with van der Waals surface area (Å²) in [4.78, 5) is 26.4. The third-order valence-electron chi connectivity index (χ3n) is 5.35. The van der Waals surface area contributed by atoms with Gasteiger partial charge in [0.1, 0.15) is 11.8 Å². The standard InChI is InChI=1S/C25H27N3O3S/c1-5-20(24(29)26-14-17-10-12-18(13-11-17)31-15(2)3)28-25(30)22-19-8-6-7-9-21(19)32-23(22)16(4)27-28/h6-13,15,20H,5,14H2,1-4H3,(H,26,29)/t20-/m1/s1. The fourth-order valence-corrected chi connectivity index (χ4v) is 4.96. The van der Waals surface area contributed by atoms with Gasteiger partial charge in [-0.1, -0.05) is 37.3 Å². The van der Waals surface area contributed by atoms with E-state index >= 15 is 0 Å². The minimum absolute atomic E-state index is 0.109. The highest BCUT2D eigenvalue weighted by atomic mass is 32.1. The lowest BCUT2D eigenvalue weighted by Crippen LogP contribution is -2.38. The van der Waals surface area contributed by atoms with Gasteiger partial charge in [-0.05, 0) is 51.0 Å². The fourth-order valence-electron chi connectivity index (χ4n) is 3.83. The Hall–Kier alpha value is -3.19. The van der Waals surface area contributed by atoms with Crippen molar-refractivity contribution in [3.63, 3.8) is 0 Å². The van der Waals surface area contributed by atoms with Gasteiger partial charge in [0.25, 0.3) is 5.56 Å². The fraction of sp³-hybridized carbons (Fsp3) is 0.320. The Bertz CT molecular complexity index is 1320. The molecule has 0 bridgehead atoms. The van der Waals surface area contributed by atoms with Crippen LogP contribution in [-0.4, -0.2) is 21.8 Å². The van der Waals surface area contributed by atoms with Gasteiger partial charge in [0.05, 0.1) is 21.9 Å². The number of rotatable bonds is 7. The average molecular weight is 450 g/mol. The summed E-state index contributed by atoms with van der Waals surface area (Å²) in [5, 5.41) is 9.03. The second kappa shape index (κ2) is 9.12. The zero-order valence-electron chi connectivity index (χ0n) is 18.7. The molecule has 0 saturated heterocycles. The largest absolute Gasteiger partial charge is 0.491 e. The monoisotopic (exact) mass is 449 g/mol. The molecule has 4 aromatic rings. The van der Waals surface area contributed by atoms with E-state index in [4.69, 9.17) is 4.74 Å². The molecule has 1 amide bonds. The van der Waals surface area contributed by atoms with E-state index in [9.17, 15) is 9.59 Å². The van der Waals surface area contributed by atoms with Crippen molar-refractivity contribution in [1.29, 1.82) is 0 Å². The van der Waals surface area contributed by atoms with Crippen molar-refractivity contribution >= 4 is 37.4 Å². The molecule has 0 radical (unpaired) electrons. The molecule has 0 saturated carbocycles. The van der Waals surface area contributed by atoms with Gasteiger partial charge in [-0.3, -0.25) is 9.59 Å². The molecule has 0 aliphatic rings. The van der Waals surface area contributed by atoms with Gasteiger partial charge < -0.3 is 10.1 Å². The van der Waals surface area contributed by atoms with Crippen molar-refractivity contribution in [1.82, 2.24) is 15.1 Å². The van der Waals surface area contributed by atoms with Crippen LogP contribution in [0.2, 0.25) is 0 Å². The van der Waals surface area contributed by atoms with E-state index in [2.05, 4.69) is 10.4 Å². The SMILES string of the molecule is CC[C@H](C(=O)NCc1ccc(OC(C)C)cc1)n1nc(C)c2sc3ccccc3c2c1=O. The highest BCUT2D eigenvalue weighted by Gasteiger charge is 2.24. The maximum absolute atomic E-state index is 13.4. The number of hydrogen-bond donors (Lipinski definition) is 1. The minimum atomic E-state index is -0.673. The van der Waals surface area contributed by atoms with E-state index in [1.807, 2.05) is 76.2 Å². The molecule has 4 rings (SSSR count). The summed E-state index contributed by atoms with van der Waals surface area (Å²) >= 11 is 1.56. The maximum atomic E-state index is 13.4. The highest BCUT2D eigenvalue weighted by molar-refractivity contribution is 7.26. The summed E-state index contributed by atoms with van der Waals surface area (Å²) in [6.45, 7) is 8.11. The molecule has 0 unspecified atom stereocenters. The quantitative estimate of drug-likeness (QED) is 0.432. The Balaban J connectivity index is 1.59. The second-order valence-electron chi connectivity index (χ2n) is 8.09. The summed E-state index contributed by atoms with van der Waals surface area (Å²) in [6.07, 6.45) is 0.574. The summed E-state index contributed by atoms with van der Waals surface area (Å²) in [7, 11) is 0. The van der Waals surface area contributed by atoms with Gasteiger partial charge in [0.15, 0.2) is 0 Å². The lowest BCUT2D eigenvalue weighted by Gasteiger charge is -2.18. The Morgan fingerprint density at radius 1 is 1.16 bits per heavy atom. The van der Waals surface area contributed by atoms with Gasteiger partial charge in [-0.15, -0.1) is 11.3 Å². The van der Waals surface area contributed by atoms with E-state index in [1.165, 1.54) is 4.68 Å². The number of nitrogens with one attached hydrogen (secondary N) is 1. The molecule has 2 aromatic heterocycles. The molecule has 1 atom stereocenters. The predicted octanol–water partition coefficient (Wildman–Crippen LogP) is 4.97. The van der Waals surface area contributed by atoms with Gasteiger partial charge in [0.2, 0.25) is 5.91 Å². The second-order valence-corrected chi connectivity index (χ2v) is 9.14. The number of carbonyl (C=O) groups excluding carboxylic acids is 1. The van der Waals surface area contributed by atoms with Crippen LogP contribution in [0.4, 0.5) is 0 Å². The summed E-state index contributed by atoms with van der Waals surface area (Å²) < 4.78 is 8.94. The number of ether oxygens (including phenoxy) is 1. The van der Waals surface area contributed by atoms with Crippen molar-refractivity contribution in [2.24, 2.45) is 0 Å². The zero-order valence-corrected chi connectivity index (χ0v) is 19.5. The number of benzene rings is 2. The number of thiophene rings is 1. The number of nitrogens with zero attached hydrogens (tertiary/aromatic N) is 2. The number of aromatic nitrogens is 2. The molecule has 2 heterocycles. The van der Waals surface area contributed by atoms with Crippen LogP contribution < -0.4 is 15.6 Å². The Labute approximate surface area is 190 Å². The zero-order chi connectivity index (χ0) is 22.8. The third kappa shape index (κ3) is 4.25. The van der Waals surface area contributed by atoms with Crippen LogP contribution in [-0.2, 0) is 11.3 Å². The molecule has 2 aromatic carbocycles. The molecule has 32 heavy (non-hydrogen) atoms. The van der Waals surface area contributed by atoms with Crippen LogP contribution >= 0.6 is 11.3 Å². The average Bonchev–Trinajstić information content (AvgIpc) is 3.17. The summed E-state index contributed by atoms with van der Waals surface area (Å²) in [5.74, 6) is 0.576. The molecule has 166 valence electrons. The molecule has 7 heteroatoms. The van der Waals surface area contributed by atoms with Gasteiger partial charge in [-0.2, -0.15) is 5.10 Å². The number of carbonyl (C=O) groups is 1. The Kier molecular flexibility index (Phi) is 6.28. The maximum Gasteiger partial charge on any atom is 0.276 e. The van der Waals surface area contributed by atoms with E-state index in [-0.39, 0.29) is 17.6 Å². The van der Waals surface area contributed by atoms with E-state index in [0.717, 1.165) is 31.8 Å². The Morgan fingerprint density at radius 2 is 1.88 bits per heavy atom. The van der Waals surface area contributed by atoms with Crippen molar-refractivity contribution in [3.8, 4) is 5.75 Å². The molecule has 6 nitrogen and oxygen atoms in total. The molecular weight excluding hydrogens is 422 g/mol. The first-order valence-corrected chi connectivity index (χ1v) is 11.6. The van der Waals surface area contributed by atoms with Crippen LogP contribution in [0, 0.1) is 6.92 Å². The molecular formula is C25H27N3O3S.